The number of nitrogens with zero attached hydrogens (tertiary/aromatic N) is 2. The average molecular weight is 162 g/mol. The van der Waals surface area contributed by atoms with Gasteiger partial charge in [-0.25, -0.2) is 9.79 Å². The van der Waals surface area contributed by atoms with Gasteiger partial charge in [0, 0.05) is 18.3 Å². The molecule has 3 heteroatoms. The highest BCUT2D eigenvalue weighted by Crippen LogP contribution is 1.98. The fourth-order valence-electron chi connectivity index (χ4n) is 0.862. The summed E-state index contributed by atoms with van der Waals surface area (Å²) in [6, 6.07) is 3.93. The van der Waals surface area contributed by atoms with Crippen LogP contribution in [0.1, 0.15) is 11.3 Å². The van der Waals surface area contributed by atoms with Crippen molar-refractivity contribution < 1.29 is 4.79 Å². The van der Waals surface area contributed by atoms with Crippen LogP contribution in [-0.4, -0.2) is 17.6 Å². The van der Waals surface area contributed by atoms with E-state index in [4.69, 9.17) is 0 Å². The maximum absolute atomic E-state index is 9.74. The predicted octanol–water partition coefficient (Wildman–Crippen LogP) is 1.27. The summed E-state index contributed by atoms with van der Waals surface area (Å²) in [4.78, 5) is 17.3. The summed E-state index contributed by atoms with van der Waals surface area (Å²) in [7, 11) is 0. The summed E-state index contributed by atoms with van der Waals surface area (Å²) in [6.45, 7) is 2.46. The van der Waals surface area contributed by atoms with Gasteiger partial charge in [-0.05, 0) is 18.6 Å². The van der Waals surface area contributed by atoms with Gasteiger partial charge in [0.25, 0.3) is 0 Å². The van der Waals surface area contributed by atoms with Crippen molar-refractivity contribution in [3.05, 3.63) is 29.6 Å². The molecule has 0 N–H and O–H groups in total. The number of pyridine rings is 1. The molecule has 1 aromatic heterocycles. The van der Waals surface area contributed by atoms with Crippen LogP contribution in [-0.2, 0) is 11.2 Å². The molecular formula is C9H10N2O. The lowest BCUT2D eigenvalue weighted by molar-refractivity contribution is 0.563. The van der Waals surface area contributed by atoms with Gasteiger partial charge in [-0.15, -0.1) is 0 Å². The lowest BCUT2D eigenvalue weighted by Crippen LogP contribution is -1.92. The molecule has 0 aliphatic rings. The first-order valence-electron chi connectivity index (χ1n) is 3.78. The number of aliphatic imine (C=N–C) groups is 1. The first kappa shape index (κ1) is 8.62. The standard InChI is InChI=1S/C9H10N2O/c1-8-2-3-9(11-6-8)4-5-10-7-12/h2-3,6H,4-5H2,1H3. The van der Waals surface area contributed by atoms with E-state index in [9.17, 15) is 4.79 Å². The Balaban J connectivity index is 2.53. The summed E-state index contributed by atoms with van der Waals surface area (Å²) in [6.07, 6.45) is 4.01. The summed E-state index contributed by atoms with van der Waals surface area (Å²) in [5.41, 5.74) is 2.09. The van der Waals surface area contributed by atoms with E-state index in [1.807, 2.05) is 19.1 Å². The largest absolute Gasteiger partial charge is 0.261 e. The van der Waals surface area contributed by atoms with Crippen LogP contribution in [0.3, 0.4) is 0 Å². The Morgan fingerprint density at radius 2 is 2.42 bits per heavy atom. The van der Waals surface area contributed by atoms with E-state index in [0.29, 0.717) is 13.0 Å². The molecule has 3 nitrogen and oxygen atoms in total. The highest BCUT2D eigenvalue weighted by Gasteiger charge is 1.91. The Bertz CT molecular complexity index is 286. The molecule has 0 bridgehead atoms. The van der Waals surface area contributed by atoms with Gasteiger partial charge in [0.2, 0.25) is 6.08 Å². The molecule has 0 fully saturated rings. The zero-order chi connectivity index (χ0) is 8.81. The van der Waals surface area contributed by atoms with Crippen molar-refractivity contribution in [1.29, 1.82) is 0 Å². The number of isocyanates is 1. The van der Waals surface area contributed by atoms with Gasteiger partial charge in [-0.3, -0.25) is 4.98 Å². The molecule has 0 unspecified atom stereocenters. The Morgan fingerprint density at radius 1 is 1.58 bits per heavy atom. The second-order valence-electron chi connectivity index (χ2n) is 2.55. The molecular weight excluding hydrogens is 152 g/mol. The molecule has 1 aromatic rings. The van der Waals surface area contributed by atoms with Gasteiger partial charge in [-0.2, -0.15) is 0 Å². The average Bonchev–Trinajstić information content (AvgIpc) is 2.09. The van der Waals surface area contributed by atoms with Gasteiger partial charge in [0.15, 0.2) is 0 Å². The summed E-state index contributed by atoms with van der Waals surface area (Å²) in [5.74, 6) is 0. The minimum absolute atomic E-state index is 0.472. The number of aryl methyl sites for hydroxylation is 1. The molecule has 1 heterocycles. The van der Waals surface area contributed by atoms with Crippen molar-refractivity contribution in [1.82, 2.24) is 4.98 Å². The molecule has 62 valence electrons. The van der Waals surface area contributed by atoms with Crippen LogP contribution < -0.4 is 0 Å². The normalized spacial score (nSPS) is 9.08. The third-order valence-corrected chi connectivity index (χ3v) is 1.52. The van der Waals surface area contributed by atoms with Crippen LogP contribution in [0.2, 0.25) is 0 Å². The number of aromatic nitrogens is 1. The minimum atomic E-state index is 0.472. The van der Waals surface area contributed by atoms with Crippen LogP contribution in [0.4, 0.5) is 0 Å². The summed E-state index contributed by atoms with van der Waals surface area (Å²) in [5, 5.41) is 0. The molecule has 0 aliphatic heterocycles. The predicted molar refractivity (Wildman–Crippen MR) is 45.7 cm³/mol. The van der Waals surface area contributed by atoms with Gasteiger partial charge >= 0.3 is 0 Å². The Morgan fingerprint density at radius 3 is 3.00 bits per heavy atom. The molecule has 0 saturated heterocycles. The zero-order valence-electron chi connectivity index (χ0n) is 6.95. The smallest absolute Gasteiger partial charge is 0.234 e. The van der Waals surface area contributed by atoms with Crippen molar-refractivity contribution in [3.8, 4) is 0 Å². The Kier molecular flexibility index (Phi) is 3.17. The summed E-state index contributed by atoms with van der Waals surface area (Å²) >= 11 is 0. The quantitative estimate of drug-likeness (QED) is 0.496. The first-order chi connectivity index (χ1) is 5.83. The second kappa shape index (κ2) is 4.42. The summed E-state index contributed by atoms with van der Waals surface area (Å²) < 4.78 is 0. The molecule has 0 spiro atoms. The van der Waals surface area contributed by atoms with Gasteiger partial charge in [0.05, 0.1) is 6.54 Å². The van der Waals surface area contributed by atoms with Crippen molar-refractivity contribution in [3.63, 3.8) is 0 Å². The van der Waals surface area contributed by atoms with Crippen molar-refractivity contribution in [2.75, 3.05) is 6.54 Å². The van der Waals surface area contributed by atoms with E-state index in [1.165, 1.54) is 6.08 Å². The molecule has 0 aliphatic carbocycles. The Labute approximate surface area is 71.2 Å². The topological polar surface area (TPSA) is 42.3 Å². The van der Waals surface area contributed by atoms with Crippen LogP contribution >= 0.6 is 0 Å². The number of hydrogen-bond acceptors (Lipinski definition) is 3. The SMILES string of the molecule is Cc1ccc(CCN=C=O)nc1. The second-order valence-corrected chi connectivity index (χ2v) is 2.55. The maximum atomic E-state index is 9.74. The van der Waals surface area contributed by atoms with E-state index in [-0.39, 0.29) is 0 Å². The third kappa shape index (κ3) is 2.64. The van der Waals surface area contributed by atoms with Crippen LogP contribution in [0.25, 0.3) is 0 Å². The van der Waals surface area contributed by atoms with E-state index >= 15 is 0 Å². The third-order valence-electron chi connectivity index (χ3n) is 1.52. The zero-order valence-corrected chi connectivity index (χ0v) is 6.95. The van der Waals surface area contributed by atoms with E-state index < -0.39 is 0 Å². The molecule has 0 saturated carbocycles. The van der Waals surface area contributed by atoms with Gasteiger partial charge in [0.1, 0.15) is 0 Å². The molecule has 0 aromatic carbocycles. The van der Waals surface area contributed by atoms with Crippen LogP contribution in [0, 0.1) is 6.92 Å². The highest BCUT2D eigenvalue weighted by atomic mass is 16.1. The molecule has 1 rings (SSSR count). The molecule has 0 atom stereocenters. The fourth-order valence-corrected chi connectivity index (χ4v) is 0.862. The Hall–Kier alpha value is -1.47. The van der Waals surface area contributed by atoms with Gasteiger partial charge < -0.3 is 0 Å². The van der Waals surface area contributed by atoms with E-state index in [0.717, 1.165) is 11.3 Å². The number of carbonyl (C=O) groups excluding carboxylic acids is 1. The van der Waals surface area contributed by atoms with Crippen molar-refractivity contribution >= 4 is 6.08 Å². The fraction of sp³-hybridized carbons (Fsp3) is 0.333. The van der Waals surface area contributed by atoms with E-state index in [1.54, 1.807) is 6.20 Å². The first-order valence-corrected chi connectivity index (χ1v) is 3.78. The lowest BCUT2D eigenvalue weighted by Gasteiger charge is -1.96. The van der Waals surface area contributed by atoms with Crippen LogP contribution in [0.15, 0.2) is 23.3 Å². The number of hydrogen-bond donors (Lipinski definition) is 0. The molecule has 0 amide bonds. The number of rotatable bonds is 3. The van der Waals surface area contributed by atoms with E-state index in [2.05, 4.69) is 9.98 Å². The van der Waals surface area contributed by atoms with Crippen molar-refractivity contribution in [2.45, 2.75) is 13.3 Å². The van der Waals surface area contributed by atoms with Gasteiger partial charge in [-0.1, -0.05) is 6.07 Å². The monoisotopic (exact) mass is 162 g/mol. The lowest BCUT2D eigenvalue weighted by atomic mass is 10.2. The minimum Gasteiger partial charge on any atom is -0.261 e. The molecule has 12 heavy (non-hydrogen) atoms. The highest BCUT2D eigenvalue weighted by molar-refractivity contribution is 5.32. The van der Waals surface area contributed by atoms with Crippen molar-refractivity contribution in [2.24, 2.45) is 4.99 Å². The molecule has 0 radical (unpaired) electrons. The maximum Gasteiger partial charge on any atom is 0.234 e. The van der Waals surface area contributed by atoms with Crippen LogP contribution in [0.5, 0.6) is 0 Å².